The van der Waals surface area contributed by atoms with Crippen molar-refractivity contribution in [3.8, 4) is 11.5 Å². The van der Waals surface area contributed by atoms with Gasteiger partial charge in [0.2, 0.25) is 6.79 Å². The molecular weight excluding hydrogens is 402 g/mol. The summed E-state index contributed by atoms with van der Waals surface area (Å²) in [6, 6.07) is 20.0. The maximum absolute atomic E-state index is 12.5. The van der Waals surface area contributed by atoms with E-state index < -0.39 is 0 Å². The fourth-order valence-corrected chi connectivity index (χ4v) is 3.33. The van der Waals surface area contributed by atoms with Gasteiger partial charge in [0.25, 0.3) is 5.91 Å². The average Bonchev–Trinajstić information content (AvgIpc) is 3.25. The molecule has 0 aromatic heterocycles. The summed E-state index contributed by atoms with van der Waals surface area (Å²) in [7, 11) is 0. The maximum atomic E-state index is 12.5. The van der Waals surface area contributed by atoms with Crippen molar-refractivity contribution in [2.24, 2.45) is 0 Å². The van der Waals surface area contributed by atoms with Crippen molar-refractivity contribution in [2.45, 2.75) is 26.2 Å². The molecule has 0 saturated carbocycles. The van der Waals surface area contributed by atoms with Gasteiger partial charge in [-0.25, -0.2) is 0 Å². The summed E-state index contributed by atoms with van der Waals surface area (Å²) in [5.41, 5.74) is 3.81. The molecular formula is C27H25NO4. The number of nitrogens with one attached hydrogen (secondary N) is 1. The molecule has 0 atom stereocenters. The van der Waals surface area contributed by atoms with Crippen molar-refractivity contribution >= 4 is 23.5 Å². The SMILES string of the molecule is CC(C)(C)c1ccc(C(=O)Nc2ccc(C(=O)/C=C/c3ccc4c(c3)OCO4)cc2)cc1. The van der Waals surface area contributed by atoms with Gasteiger partial charge in [0.05, 0.1) is 0 Å². The largest absolute Gasteiger partial charge is 0.454 e. The first kappa shape index (κ1) is 21.4. The lowest BCUT2D eigenvalue weighted by atomic mass is 9.87. The Balaban J connectivity index is 1.38. The molecule has 0 fully saturated rings. The molecule has 162 valence electrons. The second-order valence-corrected chi connectivity index (χ2v) is 8.67. The standard InChI is InChI=1S/C27H25NO4/c1-27(2,3)21-10-6-20(7-11-21)26(30)28-22-12-8-19(9-13-22)23(29)14-4-18-5-15-24-25(16-18)32-17-31-24/h4-16H,17H2,1-3H3,(H,28,30)/b14-4+. The highest BCUT2D eigenvalue weighted by atomic mass is 16.7. The second-order valence-electron chi connectivity index (χ2n) is 8.67. The van der Waals surface area contributed by atoms with Crippen molar-refractivity contribution in [1.82, 2.24) is 0 Å². The molecule has 1 aliphatic heterocycles. The van der Waals surface area contributed by atoms with E-state index in [9.17, 15) is 9.59 Å². The summed E-state index contributed by atoms with van der Waals surface area (Å²) in [5, 5.41) is 2.87. The van der Waals surface area contributed by atoms with Crippen molar-refractivity contribution in [2.75, 3.05) is 12.1 Å². The van der Waals surface area contributed by atoms with Crippen LogP contribution in [-0.4, -0.2) is 18.5 Å². The number of ether oxygens (including phenoxy) is 2. The molecule has 4 rings (SSSR count). The van der Waals surface area contributed by atoms with E-state index in [-0.39, 0.29) is 23.9 Å². The topological polar surface area (TPSA) is 64.6 Å². The first-order valence-electron chi connectivity index (χ1n) is 10.4. The summed E-state index contributed by atoms with van der Waals surface area (Å²) in [6.07, 6.45) is 3.25. The van der Waals surface area contributed by atoms with Crippen LogP contribution in [0.4, 0.5) is 5.69 Å². The Morgan fingerprint density at radius 3 is 2.19 bits per heavy atom. The lowest BCUT2D eigenvalue weighted by Crippen LogP contribution is -2.14. The monoisotopic (exact) mass is 427 g/mol. The van der Waals surface area contributed by atoms with Gasteiger partial charge >= 0.3 is 0 Å². The highest BCUT2D eigenvalue weighted by Crippen LogP contribution is 2.32. The fourth-order valence-electron chi connectivity index (χ4n) is 3.33. The molecule has 0 spiro atoms. The molecule has 5 heteroatoms. The predicted molar refractivity (Wildman–Crippen MR) is 125 cm³/mol. The van der Waals surface area contributed by atoms with Crippen molar-refractivity contribution in [1.29, 1.82) is 0 Å². The van der Waals surface area contributed by atoms with Crippen LogP contribution in [0, 0.1) is 0 Å². The minimum Gasteiger partial charge on any atom is -0.454 e. The first-order valence-corrected chi connectivity index (χ1v) is 10.4. The third-order valence-electron chi connectivity index (χ3n) is 5.26. The summed E-state index contributed by atoms with van der Waals surface area (Å²) >= 11 is 0. The van der Waals surface area contributed by atoms with E-state index in [0.29, 0.717) is 28.3 Å². The molecule has 3 aromatic carbocycles. The molecule has 0 aliphatic carbocycles. The van der Waals surface area contributed by atoms with Crippen molar-refractivity contribution < 1.29 is 19.1 Å². The van der Waals surface area contributed by atoms with Gasteiger partial charge in [0, 0.05) is 16.8 Å². The average molecular weight is 428 g/mol. The summed E-state index contributed by atoms with van der Waals surface area (Å²) in [6.45, 7) is 6.62. The Labute approximate surface area is 187 Å². The second kappa shape index (κ2) is 8.71. The Kier molecular flexibility index (Phi) is 5.82. The van der Waals surface area contributed by atoms with Gasteiger partial charge in [0.15, 0.2) is 17.3 Å². The minimum absolute atomic E-state index is 0.0363. The summed E-state index contributed by atoms with van der Waals surface area (Å²) in [5.74, 6) is 1.06. The van der Waals surface area contributed by atoms with E-state index >= 15 is 0 Å². The highest BCUT2D eigenvalue weighted by Gasteiger charge is 2.15. The third-order valence-corrected chi connectivity index (χ3v) is 5.26. The number of rotatable bonds is 5. The number of ketones is 1. The molecule has 0 unspecified atom stereocenters. The van der Waals surface area contributed by atoms with Crippen molar-refractivity contribution in [3.63, 3.8) is 0 Å². The Morgan fingerprint density at radius 2 is 1.50 bits per heavy atom. The van der Waals surface area contributed by atoms with E-state index in [1.54, 1.807) is 30.3 Å². The lowest BCUT2D eigenvalue weighted by Gasteiger charge is -2.19. The van der Waals surface area contributed by atoms with Crippen LogP contribution < -0.4 is 14.8 Å². The number of allylic oxidation sites excluding steroid dienone is 1. The van der Waals surface area contributed by atoms with Crippen LogP contribution in [0.25, 0.3) is 6.08 Å². The Morgan fingerprint density at radius 1 is 0.844 bits per heavy atom. The van der Waals surface area contributed by atoms with Gasteiger partial charge in [0.1, 0.15) is 0 Å². The third kappa shape index (κ3) is 4.89. The van der Waals surface area contributed by atoms with E-state index in [1.165, 1.54) is 11.6 Å². The van der Waals surface area contributed by atoms with Crippen LogP contribution in [0.5, 0.6) is 11.5 Å². The molecule has 1 heterocycles. The lowest BCUT2D eigenvalue weighted by molar-refractivity contribution is 0.102. The molecule has 0 radical (unpaired) electrons. The smallest absolute Gasteiger partial charge is 0.255 e. The van der Waals surface area contributed by atoms with E-state index in [1.807, 2.05) is 42.5 Å². The minimum atomic E-state index is -0.188. The highest BCUT2D eigenvalue weighted by molar-refractivity contribution is 6.08. The van der Waals surface area contributed by atoms with Crippen LogP contribution >= 0.6 is 0 Å². The maximum Gasteiger partial charge on any atom is 0.255 e. The number of fused-ring (bicyclic) bond motifs is 1. The molecule has 0 bridgehead atoms. The zero-order valence-corrected chi connectivity index (χ0v) is 18.3. The summed E-state index contributed by atoms with van der Waals surface area (Å²) in [4.78, 5) is 25.0. The van der Waals surface area contributed by atoms with Gasteiger partial charge in [-0.05, 0) is 71.1 Å². The van der Waals surface area contributed by atoms with Gasteiger partial charge in [-0.2, -0.15) is 0 Å². The molecule has 1 aliphatic rings. The number of amides is 1. The van der Waals surface area contributed by atoms with E-state index in [0.717, 1.165) is 5.56 Å². The number of carbonyl (C=O) groups excluding carboxylic acids is 2. The van der Waals surface area contributed by atoms with Gasteiger partial charge in [-0.15, -0.1) is 0 Å². The Hall–Kier alpha value is -3.86. The molecule has 1 amide bonds. The van der Waals surface area contributed by atoms with E-state index in [2.05, 4.69) is 26.1 Å². The van der Waals surface area contributed by atoms with Crippen LogP contribution in [0.2, 0.25) is 0 Å². The number of benzene rings is 3. The fraction of sp³-hybridized carbons (Fsp3) is 0.185. The number of carbonyl (C=O) groups is 2. The quantitative estimate of drug-likeness (QED) is 0.409. The molecule has 32 heavy (non-hydrogen) atoms. The number of hydrogen-bond donors (Lipinski definition) is 1. The number of anilines is 1. The summed E-state index contributed by atoms with van der Waals surface area (Å²) < 4.78 is 10.6. The van der Waals surface area contributed by atoms with Crippen LogP contribution in [0.15, 0.2) is 72.8 Å². The van der Waals surface area contributed by atoms with Crippen LogP contribution in [0.1, 0.15) is 52.6 Å². The molecule has 0 saturated heterocycles. The first-order chi connectivity index (χ1) is 15.3. The Bertz CT molecular complexity index is 1170. The van der Waals surface area contributed by atoms with E-state index in [4.69, 9.17) is 9.47 Å². The normalized spacial score (nSPS) is 12.7. The zero-order chi connectivity index (χ0) is 22.7. The van der Waals surface area contributed by atoms with Gasteiger partial charge < -0.3 is 14.8 Å². The van der Waals surface area contributed by atoms with Crippen LogP contribution in [0.3, 0.4) is 0 Å². The predicted octanol–water partition coefficient (Wildman–Crippen LogP) is 5.86. The molecule has 3 aromatic rings. The van der Waals surface area contributed by atoms with Crippen LogP contribution in [-0.2, 0) is 5.41 Å². The van der Waals surface area contributed by atoms with Gasteiger partial charge in [-0.1, -0.05) is 45.0 Å². The molecule has 1 N–H and O–H groups in total. The van der Waals surface area contributed by atoms with Gasteiger partial charge in [-0.3, -0.25) is 9.59 Å². The zero-order valence-electron chi connectivity index (χ0n) is 18.3. The van der Waals surface area contributed by atoms with Crippen molar-refractivity contribution in [3.05, 3.63) is 95.1 Å². The molecule has 5 nitrogen and oxygen atoms in total. The number of hydrogen-bond acceptors (Lipinski definition) is 4.